The lowest BCUT2D eigenvalue weighted by Gasteiger charge is -2.33. The van der Waals surface area contributed by atoms with E-state index in [1.165, 1.54) is 6.92 Å². The first-order valence-electron chi connectivity index (χ1n) is 11.1. The third-order valence-electron chi connectivity index (χ3n) is 6.38. The second kappa shape index (κ2) is 8.49. The van der Waals surface area contributed by atoms with Crippen LogP contribution in [0.5, 0.6) is 0 Å². The topological polar surface area (TPSA) is 93.9 Å². The lowest BCUT2D eigenvalue weighted by atomic mass is 9.95. The molecule has 164 valence electrons. The van der Waals surface area contributed by atoms with Crippen LogP contribution >= 0.6 is 0 Å². The van der Waals surface area contributed by atoms with Crippen molar-refractivity contribution < 1.29 is 9.59 Å². The van der Waals surface area contributed by atoms with Crippen molar-refractivity contribution in [2.75, 3.05) is 13.1 Å². The van der Waals surface area contributed by atoms with Gasteiger partial charge in [-0.15, -0.1) is 0 Å². The van der Waals surface area contributed by atoms with Crippen LogP contribution in [0.2, 0.25) is 0 Å². The van der Waals surface area contributed by atoms with E-state index < -0.39 is 6.04 Å². The zero-order valence-corrected chi connectivity index (χ0v) is 18.1. The van der Waals surface area contributed by atoms with E-state index in [4.69, 9.17) is 4.98 Å². The van der Waals surface area contributed by atoms with Crippen LogP contribution in [0.25, 0.3) is 21.9 Å². The summed E-state index contributed by atoms with van der Waals surface area (Å²) in [6.45, 7) is 2.78. The van der Waals surface area contributed by atoms with Gasteiger partial charge >= 0.3 is 0 Å². The summed E-state index contributed by atoms with van der Waals surface area (Å²) in [7, 11) is 0. The molecule has 2 amide bonds. The van der Waals surface area contributed by atoms with Gasteiger partial charge in [0.15, 0.2) is 0 Å². The SMILES string of the molecule is CC(=O)N[C@@H](Cc1c[nH]c2ccccc12)C(=O)N1CCC(c2nc3ccccc3[nH]2)CC1. The minimum atomic E-state index is -0.575. The highest BCUT2D eigenvalue weighted by Gasteiger charge is 2.31. The Hall–Kier alpha value is -3.61. The van der Waals surface area contributed by atoms with Crippen LogP contribution in [0.15, 0.2) is 54.7 Å². The molecule has 1 aliphatic rings. The number of H-pyrrole nitrogens is 2. The van der Waals surface area contributed by atoms with Crippen LogP contribution in [0.1, 0.15) is 37.1 Å². The van der Waals surface area contributed by atoms with Gasteiger partial charge in [-0.3, -0.25) is 9.59 Å². The first-order chi connectivity index (χ1) is 15.6. The minimum Gasteiger partial charge on any atom is -0.361 e. The number of fused-ring (bicyclic) bond motifs is 2. The summed E-state index contributed by atoms with van der Waals surface area (Å²) >= 11 is 0. The molecular weight excluding hydrogens is 402 g/mol. The maximum atomic E-state index is 13.4. The van der Waals surface area contributed by atoms with Gasteiger partial charge in [0.2, 0.25) is 11.8 Å². The maximum Gasteiger partial charge on any atom is 0.245 e. The Labute approximate surface area is 186 Å². The lowest BCUT2D eigenvalue weighted by Crippen LogP contribution is -2.51. The monoisotopic (exact) mass is 429 g/mol. The normalized spacial score (nSPS) is 15.8. The Morgan fingerprint density at radius 2 is 1.81 bits per heavy atom. The average molecular weight is 430 g/mol. The lowest BCUT2D eigenvalue weighted by molar-refractivity contribution is -0.137. The molecule has 0 saturated carbocycles. The molecular formula is C25H27N5O2. The molecule has 1 aliphatic heterocycles. The van der Waals surface area contributed by atoms with Crippen LogP contribution in [0.4, 0.5) is 0 Å². The quantitative estimate of drug-likeness (QED) is 0.453. The highest BCUT2D eigenvalue weighted by Crippen LogP contribution is 2.28. The number of hydrogen-bond donors (Lipinski definition) is 3. The molecule has 32 heavy (non-hydrogen) atoms. The molecule has 0 aliphatic carbocycles. The summed E-state index contributed by atoms with van der Waals surface area (Å²) in [5.74, 6) is 1.09. The van der Waals surface area contributed by atoms with E-state index in [0.29, 0.717) is 25.4 Å². The Balaban J connectivity index is 1.28. The average Bonchev–Trinajstić information content (AvgIpc) is 3.42. The molecule has 0 unspecified atom stereocenters. The molecule has 2 aromatic heterocycles. The highest BCUT2D eigenvalue weighted by atomic mass is 16.2. The second-order valence-electron chi connectivity index (χ2n) is 8.56. The number of para-hydroxylation sites is 3. The number of nitrogens with zero attached hydrogens (tertiary/aromatic N) is 2. The first-order valence-corrected chi connectivity index (χ1v) is 11.1. The molecule has 5 rings (SSSR count). The van der Waals surface area contributed by atoms with E-state index in [9.17, 15) is 9.59 Å². The van der Waals surface area contributed by atoms with Gasteiger partial charge in [0.25, 0.3) is 0 Å². The summed E-state index contributed by atoms with van der Waals surface area (Å²) in [6, 6.07) is 15.5. The van der Waals surface area contributed by atoms with Crippen LogP contribution in [-0.4, -0.2) is 50.8 Å². The summed E-state index contributed by atoms with van der Waals surface area (Å²) in [5.41, 5.74) is 4.09. The fourth-order valence-corrected chi connectivity index (χ4v) is 4.73. The Morgan fingerprint density at radius 1 is 1.09 bits per heavy atom. The molecule has 7 nitrogen and oxygen atoms in total. The number of carbonyl (C=O) groups excluding carboxylic acids is 2. The smallest absolute Gasteiger partial charge is 0.245 e. The predicted molar refractivity (Wildman–Crippen MR) is 124 cm³/mol. The van der Waals surface area contributed by atoms with Gasteiger partial charge in [0.05, 0.1) is 11.0 Å². The number of hydrogen-bond acceptors (Lipinski definition) is 3. The molecule has 3 heterocycles. The van der Waals surface area contributed by atoms with E-state index in [-0.39, 0.29) is 11.8 Å². The largest absolute Gasteiger partial charge is 0.361 e. The fourth-order valence-electron chi connectivity index (χ4n) is 4.73. The maximum absolute atomic E-state index is 13.4. The second-order valence-corrected chi connectivity index (χ2v) is 8.56. The highest BCUT2D eigenvalue weighted by molar-refractivity contribution is 5.89. The number of piperidine rings is 1. The van der Waals surface area contributed by atoms with E-state index in [1.54, 1.807) is 0 Å². The number of likely N-dealkylation sites (tertiary alicyclic amines) is 1. The summed E-state index contributed by atoms with van der Waals surface area (Å²) in [4.78, 5) is 38.5. The third kappa shape index (κ3) is 3.98. The molecule has 0 radical (unpaired) electrons. The van der Waals surface area contributed by atoms with Gasteiger partial charge in [-0.2, -0.15) is 0 Å². The predicted octanol–water partition coefficient (Wildman–Crippen LogP) is 3.50. The van der Waals surface area contributed by atoms with Gasteiger partial charge < -0.3 is 20.2 Å². The molecule has 2 aromatic carbocycles. The summed E-state index contributed by atoms with van der Waals surface area (Å²) in [5, 5.41) is 3.96. The van der Waals surface area contributed by atoms with Crippen molar-refractivity contribution in [3.8, 4) is 0 Å². The number of amides is 2. The molecule has 0 spiro atoms. The standard InChI is InChI=1S/C25H27N5O2/c1-16(31)27-23(14-18-15-26-20-7-3-2-6-19(18)20)25(32)30-12-10-17(11-13-30)24-28-21-8-4-5-9-22(21)29-24/h2-9,15,17,23,26H,10-14H2,1H3,(H,27,31)(H,28,29)/t23-/m0/s1. The molecule has 1 atom stereocenters. The number of aromatic amines is 2. The van der Waals surface area contributed by atoms with Crippen LogP contribution in [0, 0.1) is 0 Å². The van der Waals surface area contributed by atoms with E-state index in [0.717, 1.165) is 46.2 Å². The van der Waals surface area contributed by atoms with Gasteiger partial charge in [-0.1, -0.05) is 30.3 Å². The van der Waals surface area contributed by atoms with Crippen molar-refractivity contribution in [3.05, 3.63) is 66.1 Å². The zero-order valence-electron chi connectivity index (χ0n) is 18.1. The first kappa shape index (κ1) is 20.3. The number of imidazole rings is 1. The van der Waals surface area contributed by atoms with Crippen LogP contribution in [0.3, 0.4) is 0 Å². The van der Waals surface area contributed by atoms with Crippen molar-refractivity contribution in [3.63, 3.8) is 0 Å². The van der Waals surface area contributed by atoms with E-state index in [2.05, 4.69) is 15.3 Å². The van der Waals surface area contributed by atoms with Crippen LogP contribution in [-0.2, 0) is 16.0 Å². The van der Waals surface area contributed by atoms with Gasteiger partial charge in [0, 0.05) is 49.5 Å². The molecule has 7 heteroatoms. The molecule has 4 aromatic rings. The van der Waals surface area contributed by atoms with Crippen molar-refractivity contribution in [1.82, 2.24) is 25.2 Å². The van der Waals surface area contributed by atoms with Crippen LogP contribution < -0.4 is 5.32 Å². The van der Waals surface area contributed by atoms with E-state index >= 15 is 0 Å². The van der Waals surface area contributed by atoms with Crippen molar-refractivity contribution in [2.45, 2.75) is 38.1 Å². The van der Waals surface area contributed by atoms with E-state index in [1.807, 2.05) is 59.6 Å². The summed E-state index contributed by atoms with van der Waals surface area (Å²) < 4.78 is 0. The number of nitrogens with one attached hydrogen (secondary N) is 3. The van der Waals surface area contributed by atoms with Gasteiger partial charge in [-0.05, 0) is 36.6 Å². The molecule has 3 N–H and O–H groups in total. The molecule has 0 bridgehead atoms. The minimum absolute atomic E-state index is 0.0199. The Bertz CT molecular complexity index is 1230. The molecule has 1 saturated heterocycles. The number of rotatable bonds is 5. The number of benzene rings is 2. The number of carbonyl (C=O) groups is 2. The summed E-state index contributed by atoms with van der Waals surface area (Å²) in [6.07, 6.45) is 4.10. The zero-order chi connectivity index (χ0) is 22.1. The van der Waals surface area contributed by atoms with Gasteiger partial charge in [0.1, 0.15) is 11.9 Å². The number of aromatic nitrogens is 3. The van der Waals surface area contributed by atoms with Crippen molar-refractivity contribution in [1.29, 1.82) is 0 Å². The Morgan fingerprint density at radius 3 is 2.56 bits per heavy atom. The molecule has 1 fully saturated rings. The van der Waals surface area contributed by atoms with Crippen molar-refractivity contribution in [2.24, 2.45) is 0 Å². The van der Waals surface area contributed by atoms with Crippen molar-refractivity contribution >= 4 is 33.8 Å². The third-order valence-corrected chi connectivity index (χ3v) is 6.38. The van der Waals surface area contributed by atoms with Gasteiger partial charge in [-0.25, -0.2) is 4.98 Å². The Kier molecular flexibility index (Phi) is 5.39. The fraction of sp³-hybridized carbons (Fsp3) is 0.320.